The Hall–Kier alpha value is -3.53. The van der Waals surface area contributed by atoms with E-state index >= 15 is 0 Å². The van der Waals surface area contributed by atoms with Crippen LogP contribution < -0.4 is 5.32 Å². The van der Waals surface area contributed by atoms with Gasteiger partial charge in [-0.2, -0.15) is 0 Å². The van der Waals surface area contributed by atoms with Gasteiger partial charge in [-0.05, 0) is 54.2 Å². The number of benzene rings is 2. The monoisotopic (exact) mass is 516 g/mol. The predicted molar refractivity (Wildman–Crippen MR) is 129 cm³/mol. The minimum absolute atomic E-state index is 0.0368. The summed E-state index contributed by atoms with van der Waals surface area (Å²) in [4.78, 5) is 49.3. The maximum atomic E-state index is 12.7. The van der Waals surface area contributed by atoms with Crippen molar-refractivity contribution in [3.05, 3.63) is 80.9 Å². The third-order valence-corrected chi connectivity index (χ3v) is 6.12. The third kappa shape index (κ3) is 5.17. The Bertz CT molecular complexity index is 1370. The van der Waals surface area contributed by atoms with Crippen molar-refractivity contribution in [1.29, 1.82) is 0 Å². The summed E-state index contributed by atoms with van der Waals surface area (Å²) < 4.78 is 5.71. The number of rotatable bonds is 6. The number of furan rings is 1. The van der Waals surface area contributed by atoms with Gasteiger partial charge in [0.25, 0.3) is 11.1 Å². The van der Waals surface area contributed by atoms with Crippen molar-refractivity contribution < 1.29 is 28.7 Å². The Labute approximate surface area is 207 Å². The van der Waals surface area contributed by atoms with Gasteiger partial charge >= 0.3 is 5.97 Å². The van der Waals surface area contributed by atoms with Crippen molar-refractivity contribution in [3.8, 4) is 11.3 Å². The standard InChI is InChI=1S/C23H14Cl2N2O6S/c24-13-2-1-3-14(9-13)26-20(28)11-27-21(29)19(34-23(27)32)10-15-5-7-18(33-15)12-4-6-16(22(30)31)17(25)8-12/h1-10H,11H2,(H,26,28)(H,30,31)/b19-10-. The van der Waals surface area contributed by atoms with Crippen molar-refractivity contribution in [2.45, 2.75) is 0 Å². The topological polar surface area (TPSA) is 117 Å². The zero-order valence-corrected chi connectivity index (χ0v) is 19.4. The second-order valence-corrected chi connectivity index (χ2v) is 8.86. The summed E-state index contributed by atoms with van der Waals surface area (Å²) in [5, 5.41) is 11.6. The highest BCUT2D eigenvalue weighted by atomic mass is 35.5. The molecule has 3 amide bonds. The minimum atomic E-state index is -1.14. The number of imide groups is 1. The summed E-state index contributed by atoms with van der Waals surface area (Å²) in [7, 11) is 0. The molecule has 34 heavy (non-hydrogen) atoms. The van der Waals surface area contributed by atoms with Gasteiger partial charge in [0.2, 0.25) is 5.91 Å². The van der Waals surface area contributed by atoms with Gasteiger partial charge in [-0.15, -0.1) is 0 Å². The number of carboxylic acid groups (broad SMARTS) is 1. The average Bonchev–Trinajstić information content (AvgIpc) is 3.34. The van der Waals surface area contributed by atoms with Gasteiger partial charge in [-0.1, -0.05) is 35.3 Å². The Morgan fingerprint density at radius 1 is 1.09 bits per heavy atom. The Morgan fingerprint density at radius 3 is 2.59 bits per heavy atom. The average molecular weight is 517 g/mol. The number of hydrogen-bond acceptors (Lipinski definition) is 6. The lowest BCUT2D eigenvalue weighted by Gasteiger charge is -2.12. The van der Waals surface area contributed by atoms with Gasteiger partial charge in [0.1, 0.15) is 18.1 Å². The Balaban J connectivity index is 1.46. The zero-order chi connectivity index (χ0) is 24.4. The van der Waals surface area contributed by atoms with Gasteiger partial charge in [-0.3, -0.25) is 19.3 Å². The van der Waals surface area contributed by atoms with Gasteiger partial charge in [0.05, 0.1) is 15.5 Å². The second-order valence-electron chi connectivity index (χ2n) is 7.03. The molecule has 2 heterocycles. The Kier molecular flexibility index (Phi) is 6.78. The molecule has 0 bridgehead atoms. The van der Waals surface area contributed by atoms with Gasteiger partial charge in [0, 0.05) is 22.3 Å². The van der Waals surface area contributed by atoms with E-state index in [4.69, 9.17) is 32.7 Å². The molecule has 1 fully saturated rings. The lowest BCUT2D eigenvalue weighted by atomic mass is 10.1. The molecule has 0 spiro atoms. The summed E-state index contributed by atoms with van der Waals surface area (Å²) >= 11 is 12.6. The van der Waals surface area contributed by atoms with E-state index in [1.807, 2.05) is 0 Å². The number of amides is 3. The molecule has 2 aromatic carbocycles. The Morgan fingerprint density at radius 2 is 1.88 bits per heavy atom. The molecule has 8 nitrogen and oxygen atoms in total. The first kappa shape index (κ1) is 23.6. The van der Waals surface area contributed by atoms with E-state index in [1.54, 1.807) is 42.5 Å². The highest BCUT2D eigenvalue weighted by Crippen LogP contribution is 2.34. The van der Waals surface area contributed by atoms with E-state index < -0.39 is 29.6 Å². The van der Waals surface area contributed by atoms with Crippen molar-refractivity contribution in [2.24, 2.45) is 0 Å². The molecule has 0 saturated carbocycles. The van der Waals surface area contributed by atoms with Crippen LogP contribution in [0.25, 0.3) is 17.4 Å². The number of nitrogens with one attached hydrogen (secondary N) is 1. The maximum absolute atomic E-state index is 12.7. The summed E-state index contributed by atoms with van der Waals surface area (Å²) in [6.45, 7) is -0.452. The number of halogens is 2. The molecule has 0 atom stereocenters. The third-order valence-electron chi connectivity index (χ3n) is 4.67. The fourth-order valence-corrected chi connectivity index (χ4v) is 4.37. The van der Waals surface area contributed by atoms with Crippen molar-refractivity contribution in [1.82, 2.24) is 4.90 Å². The van der Waals surface area contributed by atoms with Crippen LogP contribution >= 0.6 is 35.0 Å². The van der Waals surface area contributed by atoms with Crippen molar-refractivity contribution in [3.63, 3.8) is 0 Å². The predicted octanol–water partition coefficient (Wildman–Crippen LogP) is 5.63. The molecule has 0 aliphatic carbocycles. The van der Waals surface area contributed by atoms with Crippen LogP contribution in [-0.4, -0.2) is 39.6 Å². The number of thioether (sulfide) groups is 1. The summed E-state index contributed by atoms with van der Waals surface area (Å²) in [6, 6.07) is 14.1. The quantitative estimate of drug-likeness (QED) is 0.407. The van der Waals surface area contributed by atoms with Crippen LogP contribution in [0.1, 0.15) is 16.1 Å². The van der Waals surface area contributed by atoms with Gasteiger partial charge in [-0.25, -0.2) is 4.79 Å². The molecule has 11 heteroatoms. The minimum Gasteiger partial charge on any atom is -0.478 e. The van der Waals surface area contributed by atoms with Crippen LogP contribution in [-0.2, 0) is 9.59 Å². The first-order valence-electron chi connectivity index (χ1n) is 9.65. The highest BCUT2D eigenvalue weighted by Gasteiger charge is 2.36. The lowest BCUT2D eigenvalue weighted by Crippen LogP contribution is -2.36. The van der Waals surface area contributed by atoms with Crippen LogP contribution in [0.5, 0.6) is 0 Å². The molecule has 4 rings (SSSR count). The number of hydrogen-bond donors (Lipinski definition) is 2. The number of carbonyl (C=O) groups is 4. The zero-order valence-electron chi connectivity index (χ0n) is 17.1. The largest absolute Gasteiger partial charge is 0.478 e. The molecule has 1 aliphatic rings. The van der Waals surface area contributed by atoms with E-state index in [0.717, 1.165) is 4.90 Å². The normalized spacial score (nSPS) is 14.6. The molecular formula is C23H14Cl2N2O6S. The molecule has 0 radical (unpaired) electrons. The van der Waals surface area contributed by atoms with Crippen LogP contribution in [0.15, 0.2) is 63.9 Å². The first-order chi connectivity index (χ1) is 16.2. The van der Waals surface area contributed by atoms with Crippen LogP contribution in [0.3, 0.4) is 0 Å². The summed E-state index contributed by atoms with van der Waals surface area (Å²) in [6.07, 6.45) is 1.40. The first-order valence-corrected chi connectivity index (χ1v) is 11.2. The van der Waals surface area contributed by atoms with E-state index in [-0.39, 0.29) is 15.5 Å². The smallest absolute Gasteiger partial charge is 0.337 e. The molecule has 172 valence electrons. The van der Waals surface area contributed by atoms with E-state index in [9.17, 15) is 19.2 Å². The second kappa shape index (κ2) is 9.76. The molecule has 3 aromatic rings. The molecule has 0 unspecified atom stereocenters. The number of anilines is 1. The number of carbonyl (C=O) groups excluding carboxylic acids is 3. The SMILES string of the molecule is O=C(CN1C(=O)S/C(=C\c2ccc(-c3ccc(C(=O)O)c(Cl)c3)o2)C1=O)Nc1cccc(Cl)c1. The van der Waals surface area contributed by atoms with Crippen LogP contribution in [0.2, 0.25) is 10.0 Å². The number of aromatic carboxylic acids is 1. The lowest BCUT2D eigenvalue weighted by molar-refractivity contribution is -0.127. The van der Waals surface area contributed by atoms with Gasteiger partial charge < -0.3 is 14.8 Å². The molecule has 1 aliphatic heterocycles. The number of carboxylic acids is 1. The maximum Gasteiger partial charge on any atom is 0.337 e. The fraction of sp³-hybridized carbons (Fsp3) is 0.0435. The summed E-state index contributed by atoms with van der Waals surface area (Å²) in [5.74, 6) is -1.63. The van der Waals surface area contributed by atoms with E-state index in [2.05, 4.69) is 5.32 Å². The van der Waals surface area contributed by atoms with E-state index in [0.29, 0.717) is 39.6 Å². The molecule has 1 aromatic heterocycles. The van der Waals surface area contributed by atoms with Gasteiger partial charge in [0.15, 0.2) is 0 Å². The van der Waals surface area contributed by atoms with Crippen LogP contribution in [0, 0.1) is 0 Å². The highest BCUT2D eigenvalue weighted by molar-refractivity contribution is 8.18. The molecule has 2 N–H and O–H groups in total. The van der Waals surface area contributed by atoms with Crippen molar-refractivity contribution >= 4 is 69.8 Å². The fourth-order valence-electron chi connectivity index (χ4n) is 3.10. The van der Waals surface area contributed by atoms with E-state index in [1.165, 1.54) is 18.2 Å². The summed E-state index contributed by atoms with van der Waals surface area (Å²) in [5.41, 5.74) is 0.949. The molecule has 1 saturated heterocycles. The van der Waals surface area contributed by atoms with Crippen molar-refractivity contribution in [2.75, 3.05) is 11.9 Å². The van der Waals surface area contributed by atoms with Crippen LogP contribution in [0.4, 0.5) is 10.5 Å². The number of nitrogens with zero attached hydrogens (tertiary/aromatic N) is 1. The molecular weight excluding hydrogens is 503 g/mol.